The van der Waals surface area contributed by atoms with E-state index in [2.05, 4.69) is 4.98 Å². The number of aryl methyl sites for hydroxylation is 1. The van der Waals surface area contributed by atoms with Crippen LogP contribution in [0.2, 0.25) is 5.02 Å². The molecule has 0 aliphatic carbocycles. The molecule has 0 aliphatic heterocycles. The molecule has 4 nitrogen and oxygen atoms in total. The van der Waals surface area contributed by atoms with E-state index in [-0.39, 0.29) is 5.69 Å². The van der Waals surface area contributed by atoms with Crippen LogP contribution in [0, 0.1) is 0 Å². The smallest absolute Gasteiger partial charge is 0.271 e. The SMILES string of the molecule is CCc1nc(C(N)=O)c(-c2ccccc2Cl)o1. The van der Waals surface area contributed by atoms with Crippen LogP contribution >= 0.6 is 11.6 Å². The first-order valence-electron chi connectivity index (χ1n) is 5.18. The van der Waals surface area contributed by atoms with Gasteiger partial charge in [-0.1, -0.05) is 30.7 Å². The summed E-state index contributed by atoms with van der Waals surface area (Å²) < 4.78 is 5.50. The van der Waals surface area contributed by atoms with Crippen LogP contribution in [-0.4, -0.2) is 10.9 Å². The highest BCUT2D eigenvalue weighted by Gasteiger charge is 2.20. The molecular weight excluding hydrogens is 240 g/mol. The second kappa shape index (κ2) is 4.59. The monoisotopic (exact) mass is 250 g/mol. The number of carbonyl (C=O) groups is 1. The van der Waals surface area contributed by atoms with Crippen molar-refractivity contribution in [3.8, 4) is 11.3 Å². The van der Waals surface area contributed by atoms with Crippen molar-refractivity contribution in [2.75, 3.05) is 0 Å². The third-order valence-corrected chi connectivity index (χ3v) is 2.66. The van der Waals surface area contributed by atoms with Crippen molar-refractivity contribution in [1.82, 2.24) is 4.98 Å². The normalized spacial score (nSPS) is 10.5. The van der Waals surface area contributed by atoms with Crippen LogP contribution < -0.4 is 5.73 Å². The van der Waals surface area contributed by atoms with Crippen LogP contribution in [0.15, 0.2) is 28.7 Å². The highest BCUT2D eigenvalue weighted by Crippen LogP contribution is 2.31. The number of rotatable bonds is 3. The number of hydrogen-bond donors (Lipinski definition) is 1. The number of primary amides is 1. The Morgan fingerprint density at radius 2 is 2.18 bits per heavy atom. The molecule has 2 rings (SSSR count). The second-order valence-corrected chi connectivity index (χ2v) is 3.89. The lowest BCUT2D eigenvalue weighted by atomic mass is 10.1. The molecule has 2 N–H and O–H groups in total. The van der Waals surface area contributed by atoms with E-state index in [4.69, 9.17) is 21.8 Å². The van der Waals surface area contributed by atoms with Gasteiger partial charge in [0.15, 0.2) is 17.3 Å². The summed E-state index contributed by atoms with van der Waals surface area (Å²) in [5.74, 6) is 0.178. The number of amides is 1. The number of aromatic nitrogens is 1. The highest BCUT2D eigenvalue weighted by molar-refractivity contribution is 6.33. The van der Waals surface area contributed by atoms with Gasteiger partial charge in [-0.15, -0.1) is 0 Å². The summed E-state index contributed by atoms with van der Waals surface area (Å²) in [4.78, 5) is 15.3. The van der Waals surface area contributed by atoms with E-state index in [0.717, 1.165) is 0 Å². The molecule has 0 atom stereocenters. The van der Waals surface area contributed by atoms with Crippen molar-refractivity contribution in [2.24, 2.45) is 5.73 Å². The van der Waals surface area contributed by atoms with Gasteiger partial charge in [0.05, 0.1) is 5.02 Å². The molecule has 17 heavy (non-hydrogen) atoms. The third-order valence-electron chi connectivity index (χ3n) is 2.33. The lowest BCUT2D eigenvalue weighted by molar-refractivity contribution is 0.0996. The van der Waals surface area contributed by atoms with Gasteiger partial charge in [-0.05, 0) is 12.1 Å². The molecule has 0 bridgehead atoms. The molecule has 0 unspecified atom stereocenters. The number of halogens is 1. The van der Waals surface area contributed by atoms with E-state index in [0.29, 0.717) is 28.7 Å². The minimum atomic E-state index is -0.622. The maximum atomic E-state index is 11.3. The molecular formula is C12H11ClN2O2. The minimum Gasteiger partial charge on any atom is -0.440 e. The van der Waals surface area contributed by atoms with Crippen molar-refractivity contribution >= 4 is 17.5 Å². The highest BCUT2D eigenvalue weighted by atomic mass is 35.5. The lowest BCUT2D eigenvalue weighted by Gasteiger charge is -2.00. The Morgan fingerprint density at radius 1 is 1.47 bits per heavy atom. The average molecular weight is 251 g/mol. The van der Waals surface area contributed by atoms with Gasteiger partial charge in [-0.3, -0.25) is 4.79 Å². The number of oxazole rings is 1. The molecule has 0 aliphatic rings. The third kappa shape index (κ3) is 2.17. The summed E-state index contributed by atoms with van der Waals surface area (Å²) in [6.07, 6.45) is 0.588. The van der Waals surface area contributed by atoms with Crippen LogP contribution in [0.3, 0.4) is 0 Å². The van der Waals surface area contributed by atoms with Gasteiger partial charge >= 0.3 is 0 Å². The minimum absolute atomic E-state index is 0.120. The number of carbonyl (C=O) groups excluding carboxylic acids is 1. The van der Waals surface area contributed by atoms with Crippen LogP contribution in [0.5, 0.6) is 0 Å². The molecule has 1 aromatic carbocycles. The number of benzene rings is 1. The van der Waals surface area contributed by atoms with E-state index in [1.165, 1.54) is 0 Å². The summed E-state index contributed by atoms with van der Waals surface area (Å²) in [5, 5.41) is 0.494. The molecule has 0 saturated heterocycles. The molecule has 0 radical (unpaired) electrons. The fourth-order valence-electron chi connectivity index (χ4n) is 1.51. The van der Waals surface area contributed by atoms with E-state index in [1.54, 1.807) is 24.3 Å². The zero-order valence-corrected chi connectivity index (χ0v) is 9.99. The maximum absolute atomic E-state index is 11.3. The van der Waals surface area contributed by atoms with Gasteiger partial charge in [0.25, 0.3) is 5.91 Å². The second-order valence-electron chi connectivity index (χ2n) is 3.48. The Kier molecular flexibility index (Phi) is 3.15. The number of nitrogens with zero attached hydrogens (tertiary/aromatic N) is 1. The molecule has 0 saturated carbocycles. The van der Waals surface area contributed by atoms with Gasteiger partial charge < -0.3 is 10.2 Å². The van der Waals surface area contributed by atoms with Crippen LogP contribution in [0.1, 0.15) is 23.3 Å². The predicted molar refractivity (Wildman–Crippen MR) is 64.8 cm³/mol. The van der Waals surface area contributed by atoms with E-state index in [1.807, 2.05) is 6.92 Å². The average Bonchev–Trinajstić information content (AvgIpc) is 2.73. The Labute approximate surface area is 103 Å². The topological polar surface area (TPSA) is 69.1 Å². The molecule has 0 fully saturated rings. The molecule has 5 heteroatoms. The van der Waals surface area contributed by atoms with Crippen molar-refractivity contribution in [3.63, 3.8) is 0 Å². The largest absolute Gasteiger partial charge is 0.440 e. The first kappa shape index (κ1) is 11.7. The van der Waals surface area contributed by atoms with Gasteiger partial charge in [0, 0.05) is 12.0 Å². The van der Waals surface area contributed by atoms with Gasteiger partial charge in [-0.2, -0.15) is 0 Å². The summed E-state index contributed by atoms with van der Waals surface area (Å²) in [5.41, 5.74) is 6.01. The Balaban J connectivity index is 2.62. The standard InChI is InChI=1S/C12H11ClN2O2/c1-2-9-15-10(12(14)16)11(17-9)7-5-3-4-6-8(7)13/h3-6H,2H2,1H3,(H2,14,16). The van der Waals surface area contributed by atoms with Crippen LogP contribution in [0.4, 0.5) is 0 Å². The summed E-state index contributed by atoms with van der Waals surface area (Å²) in [6.45, 7) is 1.88. The van der Waals surface area contributed by atoms with Gasteiger partial charge in [0.2, 0.25) is 0 Å². The van der Waals surface area contributed by atoms with E-state index < -0.39 is 5.91 Å². The van der Waals surface area contributed by atoms with Gasteiger partial charge in [-0.25, -0.2) is 4.98 Å². The number of nitrogens with two attached hydrogens (primary N) is 1. The number of hydrogen-bond acceptors (Lipinski definition) is 3. The Bertz CT molecular complexity index is 563. The summed E-state index contributed by atoms with van der Waals surface area (Å²) in [7, 11) is 0. The quantitative estimate of drug-likeness (QED) is 0.910. The molecule has 88 valence electrons. The Morgan fingerprint density at radius 3 is 2.76 bits per heavy atom. The fraction of sp³-hybridized carbons (Fsp3) is 0.167. The molecule has 2 aromatic rings. The first-order chi connectivity index (χ1) is 8.13. The van der Waals surface area contributed by atoms with Gasteiger partial charge in [0.1, 0.15) is 0 Å². The summed E-state index contributed by atoms with van der Waals surface area (Å²) in [6, 6.07) is 7.08. The van der Waals surface area contributed by atoms with Crippen LogP contribution in [-0.2, 0) is 6.42 Å². The van der Waals surface area contributed by atoms with Crippen molar-refractivity contribution < 1.29 is 9.21 Å². The van der Waals surface area contributed by atoms with E-state index >= 15 is 0 Å². The zero-order valence-electron chi connectivity index (χ0n) is 9.24. The lowest BCUT2D eigenvalue weighted by Crippen LogP contribution is -2.12. The van der Waals surface area contributed by atoms with Crippen LogP contribution in [0.25, 0.3) is 11.3 Å². The molecule has 1 aromatic heterocycles. The first-order valence-corrected chi connectivity index (χ1v) is 5.55. The van der Waals surface area contributed by atoms with Crippen molar-refractivity contribution in [1.29, 1.82) is 0 Å². The Hall–Kier alpha value is -1.81. The summed E-state index contributed by atoms with van der Waals surface area (Å²) >= 11 is 6.05. The van der Waals surface area contributed by atoms with Crippen molar-refractivity contribution in [3.05, 3.63) is 40.9 Å². The fourth-order valence-corrected chi connectivity index (χ4v) is 1.73. The molecule has 1 heterocycles. The zero-order chi connectivity index (χ0) is 12.4. The van der Waals surface area contributed by atoms with E-state index in [9.17, 15) is 4.79 Å². The van der Waals surface area contributed by atoms with Crippen molar-refractivity contribution in [2.45, 2.75) is 13.3 Å². The molecule has 1 amide bonds. The molecule has 0 spiro atoms. The predicted octanol–water partition coefficient (Wildman–Crippen LogP) is 2.66. The maximum Gasteiger partial charge on any atom is 0.271 e.